The lowest BCUT2D eigenvalue weighted by Crippen LogP contribution is -2.26. The first-order chi connectivity index (χ1) is 16.0. The Morgan fingerprint density at radius 2 is 1.85 bits per heavy atom. The SMILES string of the molecule is CN(C(=O)c1ccc([18F])cc1)c1cccc(-c2ccnc3c(C(=O)c4cccs4)cnn23)c1. The van der Waals surface area contributed by atoms with Crippen LogP contribution in [-0.2, 0) is 0 Å². The normalized spacial score (nSPS) is 11.0. The highest BCUT2D eigenvalue weighted by Gasteiger charge is 2.19. The predicted octanol–water partition coefficient (Wildman–Crippen LogP) is 5.10. The van der Waals surface area contributed by atoms with Crippen molar-refractivity contribution >= 4 is 34.4 Å². The molecule has 0 unspecified atom stereocenters. The van der Waals surface area contributed by atoms with Crippen LogP contribution in [0.1, 0.15) is 25.6 Å². The number of hydrogen-bond acceptors (Lipinski definition) is 5. The van der Waals surface area contributed by atoms with E-state index < -0.39 is 5.82 Å². The molecule has 0 saturated heterocycles. The molecule has 33 heavy (non-hydrogen) atoms. The summed E-state index contributed by atoms with van der Waals surface area (Å²) in [6, 6.07) is 18.3. The van der Waals surface area contributed by atoms with E-state index in [1.54, 1.807) is 29.9 Å². The van der Waals surface area contributed by atoms with Gasteiger partial charge in [-0.1, -0.05) is 18.2 Å². The monoisotopic (exact) mass is 455 g/mol. The van der Waals surface area contributed by atoms with Gasteiger partial charge in [-0.2, -0.15) is 5.10 Å². The molecule has 5 rings (SSSR count). The van der Waals surface area contributed by atoms with Crippen molar-refractivity contribution in [3.05, 3.63) is 106 Å². The molecule has 0 radical (unpaired) electrons. The summed E-state index contributed by atoms with van der Waals surface area (Å²) >= 11 is 1.37. The van der Waals surface area contributed by atoms with Crippen LogP contribution in [-0.4, -0.2) is 33.3 Å². The van der Waals surface area contributed by atoms with Crippen LogP contribution >= 0.6 is 11.3 Å². The Hall–Kier alpha value is -4.17. The Labute approximate surface area is 192 Å². The standard InChI is InChI=1S/C25H17FN4O2S/c1-29(25(32)16-7-9-18(26)10-8-16)19-5-2-4-17(14-19)21-11-12-27-24-20(15-28-30(21)24)23(31)22-6-3-13-33-22/h2-15H,1H3/i26-1. The lowest BCUT2D eigenvalue weighted by Gasteiger charge is -2.18. The van der Waals surface area contributed by atoms with Gasteiger partial charge in [0.25, 0.3) is 5.91 Å². The van der Waals surface area contributed by atoms with Crippen molar-refractivity contribution in [1.29, 1.82) is 0 Å². The van der Waals surface area contributed by atoms with Crippen LogP contribution < -0.4 is 4.90 Å². The van der Waals surface area contributed by atoms with Gasteiger partial charge in [-0.3, -0.25) is 9.59 Å². The van der Waals surface area contributed by atoms with E-state index in [4.69, 9.17) is 0 Å². The molecule has 0 atom stereocenters. The van der Waals surface area contributed by atoms with E-state index in [2.05, 4.69) is 10.1 Å². The fraction of sp³-hybridized carbons (Fsp3) is 0.0400. The quantitative estimate of drug-likeness (QED) is 0.346. The Morgan fingerprint density at radius 1 is 1.03 bits per heavy atom. The molecule has 162 valence electrons. The molecule has 0 spiro atoms. The summed E-state index contributed by atoms with van der Waals surface area (Å²) in [7, 11) is 1.67. The number of nitrogens with zero attached hydrogens (tertiary/aromatic N) is 4. The summed E-state index contributed by atoms with van der Waals surface area (Å²) in [5.74, 6) is -0.771. The number of benzene rings is 2. The summed E-state index contributed by atoms with van der Waals surface area (Å²) in [5, 5.41) is 6.27. The zero-order valence-corrected chi connectivity index (χ0v) is 18.3. The third-order valence-electron chi connectivity index (χ3n) is 5.32. The van der Waals surface area contributed by atoms with Crippen molar-refractivity contribution in [1.82, 2.24) is 14.6 Å². The number of amides is 1. The average Bonchev–Trinajstić information content (AvgIpc) is 3.54. The van der Waals surface area contributed by atoms with Gasteiger partial charge < -0.3 is 4.90 Å². The van der Waals surface area contributed by atoms with E-state index in [-0.39, 0.29) is 11.7 Å². The third-order valence-corrected chi connectivity index (χ3v) is 6.18. The Morgan fingerprint density at radius 3 is 2.61 bits per heavy atom. The van der Waals surface area contributed by atoms with Gasteiger partial charge in [0.05, 0.1) is 22.3 Å². The topological polar surface area (TPSA) is 67.6 Å². The predicted molar refractivity (Wildman–Crippen MR) is 125 cm³/mol. The average molecular weight is 456 g/mol. The lowest BCUT2D eigenvalue weighted by atomic mass is 10.1. The first-order valence-electron chi connectivity index (χ1n) is 10.1. The molecule has 5 aromatic rings. The molecule has 2 aromatic carbocycles. The van der Waals surface area contributed by atoms with E-state index in [1.807, 2.05) is 35.7 Å². The smallest absolute Gasteiger partial charge is 0.258 e. The summed E-state index contributed by atoms with van der Waals surface area (Å²) < 4.78 is 14.8. The van der Waals surface area contributed by atoms with Crippen LogP contribution in [0.5, 0.6) is 0 Å². The van der Waals surface area contributed by atoms with Crippen molar-refractivity contribution in [2.24, 2.45) is 0 Å². The molecule has 6 nitrogen and oxygen atoms in total. The lowest BCUT2D eigenvalue weighted by molar-refractivity contribution is 0.0991. The van der Waals surface area contributed by atoms with E-state index >= 15 is 0 Å². The zero-order chi connectivity index (χ0) is 22.9. The number of halogens is 1. The van der Waals surface area contributed by atoms with Gasteiger partial charge in [0.15, 0.2) is 5.65 Å². The Balaban J connectivity index is 1.51. The summed E-state index contributed by atoms with van der Waals surface area (Å²) in [5.41, 5.74) is 3.48. The first-order valence-corrected chi connectivity index (χ1v) is 11.0. The van der Waals surface area contributed by atoms with Gasteiger partial charge in [-0.05, 0) is 53.9 Å². The van der Waals surface area contributed by atoms with E-state index in [1.165, 1.54) is 46.7 Å². The Kier molecular flexibility index (Phi) is 5.27. The fourth-order valence-electron chi connectivity index (χ4n) is 3.59. The maximum absolute atomic E-state index is 13.2. The molecule has 0 fully saturated rings. The second-order valence-corrected chi connectivity index (χ2v) is 8.30. The maximum Gasteiger partial charge on any atom is 0.258 e. The van der Waals surface area contributed by atoms with Crippen molar-refractivity contribution in [3.8, 4) is 11.3 Å². The number of fused-ring (bicyclic) bond motifs is 1. The van der Waals surface area contributed by atoms with Gasteiger partial charge >= 0.3 is 0 Å². The second-order valence-electron chi connectivity index (χ2n) is 7.35. The number of ketones is 1. The van der Waals surface area contributed by atoms with Crippen LogP contribution in [0.25, 0.3) is 16.9 Å². The third kappa shape index (κ3) is 3.81. The molecular weight excluding hydrogens is 438 g/mol. The number of aromatic nitrogens is 3. The van der Waals surface area contributed by atoms with Gasteiger partial charge in [0, 0.05) is 30.1 Å². The number of anilines is 1. The first kappa shape index (κ1) is 20.7. The minimum absolute atomic E-state index is 0.122. The summed E-state index contributed by atoms with van der Waals surface area (Å²) in [4.78, 5) is 32.2. The Bertz CT molecular complexity index is 1480. The highest BCUT2D eigenvalue weighted by Crippen LogP contribution is 2.27. The van der Waals surface area contributed by atoms with Gasteiger partial charge in [0.1, 0.15) is 5.82 Å². The van der Waals surface area contributed by atoms with Crippen molar-refractivity contribution in [2.75, 3.05) is 11.9 Å². The molecule has 3 heterocycles. The molecule has 0 aliphatic heterocycles. The molecule has 0 N–H and O–H groups in total. The molecule has 8 heteroatoms. The number of hydrogen-bond donors (Lipinski definition) is 0. The van der Waals surface area contributed by atoms with Crippen LogP contribution in [0.15, 0.2) is 84.5 Å². The van der Waals surface area contributed by atoms with Gasteiger partial charge in [-0.25, -0.2) is 13.9 Å². The number of thiophene rings is 1. The second kappa shape index (κ2) is 8.40. The van der Waals surface area contributed by atoms with E-state index in [0.29, 0.717) is 27.3 Å². The van der Waals surface area contributed by atoms with Crippen LogP contribution in [0.2, 0.25) is 0 Å². The highest BCUT2D eigenvalue weighted by molar-refractivity contribution is 7.12. The van der Waals surface area contributed by atoms with Crippen molar-refractivity contribution in [2.45, 2.75) is 0 Å². The number of rotatable bonds is 5. The summed E-state index contributed by atoms with van der Waals surface area (Å²) in [6.45, 7) is 0. The van der Waals surface area contributed by atoms with Crippen LogP contribution in [0.3, 0.4) is 0 Å². The number of carbonyl (C=O) groups is 2. The van der Waals surface area contributed by atoms with Gasteiger partial charge in [0.2, 0.25) is 5.78 Å². The largest absolute Gasteiger partial charge is 0.311 e. The highest BCUT2D eigenvalue weighted by atomic mass is 32.1. The minimum atomic E-state index is -0.394. The molecule has 0 bridgehead atoms. The minimum Gasteiger partial charge on any atom is -0.311 e. The fourth-order valence-corrected chi connectivity index (χ4v) is 4.27. The van der Waals surface area contributed by atoms with Gasteiger partial charge in [-0.15, -0.1) is 11.3 Å². The zero-order valence-electron chi connectivity index (χ0n) is 17.5. The molecular formula is C25H17FN4O2S. The number of carbonyl (C=O) groups excluding carboxylic acids is 2. The summed E-state index contributed by atoms with van der Waals surface area (Å²) in [6.07, 6.45) is 3.17. The van der Waals surface area contributed by atoms with E-state index in [9.17, 15) is 14.0 Å². The molecule has 3 aromatic heterocycles. The van der Waals surface area contributed by atoms with Crippen LogP contribution in [0, 0.1) is 5.82 Å². The van der Waals surface area contributed by atoms with Crippen molar-refractivity contribution in [3.63, 3.8) is 0 Å². The molecule has 0 aliphatic carbocycles. The maximum atomic E-state index is 13.2. The van der Waals surface area contributed by atoms with Crippen LogP contribution in [0.4, 0.5) is 10.1 Å². The van der Waals surface area contributed by atoms with E-state index in [0.717, 1.165) is 11.3 Å². The molecule has 0 aliphatic rings. The molecule has 0 saturated carbocycles. The molecule has 1 amide bonds. The van der Waals surface area contributed by atoms with Crippen molar-refractivity contribution < 1.29 is 14.0 Å².